The molecule has 0 aliphatic heterocycles. The molecule has 0 atom stereocenters. The standard InChI is InChI=1S/C12H18N4OS/c1-8(2)16(5-4-11(13)18)12(17)10-7-14-9(3)6-15-10/h6-8H,4-5H2,1-3H3,(H2,13,18). The van der Waals surface area contributed by atoms with Crippen LogP contribution in [0.15, 0.2) is 12.4 Å². The summed E-state index contributed by atoms with van der Waals surface area (Å²) in [7, 11) is 0. The highest BCUT2D eigenvalue weighted by atomic mass is 32.1. The van der Waals surface area contributed by atoms with Gasteiger partial charge in [-0.05, 0) is 20.8 Å². The summed E-state index contributed by atoms with van der Waals surface area (Å²) in [6, 6.07) is 0.0648. The van der Waals surface area contributed by atoms with Crippen molar-refractivity contribution >= 4 is 23.1 Å². The highest BCUT2D eigenvalue weighted by molar-refractivity contribution is 7.80. The summed E-state index contributed by atoms with van der Waals surface area (Å²) in [6.07, 6.45) is 3.59. The van der Waals surface area contributed by atoms with E-state index in [4.69, 9.17) is 18.0 Å². The average molecular weight is 266 g/mol. The molecule has 98 valence electrons. The molecule has 0 spiro atoms. The van der Waals surface area contributed by atoms with E-state index >= 15 is 0 Å². The first-order chi connectivity index (χ1) is 8.41. The number of carbonyl (C=O) groups excluding carboxylic acids is 1. The van der Waals surface area contributed by atoms with Crippen LogP contribution in [0.4, 0.5) is 0 Å². The van der Waals surface area contributed by atoms with Crippen molar-refractivity contribution in [3.8, 4) is 0 Å². The minimum Gasteiger partial charge on any atom is -0.393 e. The van der Waals surface area contributed by atoms with E-state index < -0.39 is 0 Å². The number of nitrogens with zero attached hydrogens (tertiary/aromatic N) is 3. The van der Waals surface area contributed by atoms with E-state index in [2.05, 4.69) is 9.97 Å². The third kappa shape index (κ3) is 4.03. The highest BCUT2D eigenvalue weighted by Gasteiger charge is 2.19. The third-order valence-electron chi connectivity index (χ3n) is 2.48. The number of hydrogen-bond acceptors (Lipinski definition) is 4. The van der Waals surface area contributed by atoms with Crippen molar-refractivity contribution in [3.63, 3.8) is 0 Å². The van der Waals surface area contributed by atoms with Gasteiger partial charge in [-0.15, -0.1) is 0 Å². The lowest BCUT2D eigenvalue weighted by atomic mass is 10.2. The van der Waals surface area contributed by atoms with Crippen LogP contribution < -0.4 is 5.73 Å². The van der Waals surface area contributed by atoms with E-state index in [1.807, 2.05) is 20.8 Å². The summed E-state index contributed by atoms with van der Waals surface area (Å²) in [5.41, 5.74) is 6.59. The summed E-state index contributed by atoms with van der Waals surface area (Å²) in [5.74, 6) is -0.145. The molecule has 5 nitrogen and oxygen atoms in total. The molecule has 1 rings (SSSR count). The van der Waals surface area contributed by atoms with Gasteiger partial charge in [-0.25, -0.2) is 4.98 Å². The molecule has 6 heteroatoms. The smallest absolute Gasteiger partial charge is 0.274 e. The zero-order valence-electron chi connectivity index (χ0n) is 10.9. The number of aryl methyl sites for hydroxylation is 1. The minimum atomic E-state index is -0.145. The Morgan fingerprint density at radius 1 is 1.44 bits per heavy atom. The van der Waals surface area contributed by atoms with Crippen molar-refractivity contribution in [2.45, 2.75) is 33.2 Å². The maximum absolute atomic E-state index is 12.2. The molecule has 18 heavy (non-hydrogen) atoms. The molecule has 0 bridgehead atoms. The third-order valence-corrected chi connectivity index (χ3v) is 2.69. The number of amides is 1. The number of aromatic nitrogens is 2. The molecule has 0 unspecified atom stereocenters. The molecule has 1 aromatic rings. The number of rotatable bonds is 5. The largest absolute Gasteiger partial charge is 0.393 e. The van der Waals surface area contributed by atoms with Gasteiger partial charge >= 0.3 is 0 Å². The molecule has 0 fully saturated rings. The fourth-order valence-corrected chi connectivity index (χ4v) is 1.57. The number of nitrogens with two attached hydrogens (primary N) is 1. The topological polar surface area (TPSA) is 72.1 Å². The Bertz CT molecular complexity index is 430. The van der Waals surface area contributed by atoms with Crippen molar-refractivity contribution in [3.05, 3.63) is 23.8 Å². The van der Waals surface area contributed by atoms with Gasteiger partial charge in [-0.3, -0.25) is 9.78 Å². The predicted molar refractivity (Wildman–Crippen MR) is 74.3 cm³/mol. The van der Waals surface area contributed by atoms with Gasteiger partial charge in [0.1, 0.15) is 5.69 Å². The van der Waals surface area contributed by atoms with Crippen molar-refractivity contribution in [1.29, 1.82) is 0 Å². The number of hydrogen-bond donors (Lipinski definition) is 1. The van der Waals surface area contributed by atoms with Crippen molar-refractivity contribution in [2.75, 3.05) is 6.54 Å². The first kappa shape index (κ1) is 14.5. The summed E-state index contributed by atoms with van der Waals surface area (Å²) in [6.45, 7) is 6.22. The summed E-state index contributed by atoms with van der Waals surface area (Å²) in [4.78, 5) is 22.5. The molecule has 1 aromatic heterocycles. The second-order valence-electron chi connectivity index (χ2n) is 4.35. The first-order valence-electron chi connectivity index (χ1n) is 5.79. The van der Waals surface area contributed by atoms with Crippen LogP contribution in [0.25, 0.3) is 0 Å². The molecule has 0 aromatic carbocycles. The van der Waals surface area contributed by atoms with E-state index in [-0.39, 0.29) is 11.9 Å². The lowest BCUT2D eigenvalue weighted by molar-refractivity contribution is 0.0705. The van der Waals surface area contributed by atoms with Gasteiger partial charge in [0.2, 0.25) is 0 Å². The molecule has 1 heterocycles. The van der Waals surface area contributed by atoms with Gasteiger partial charge in [0.25, 0.3) is 5.91 Å². The zero-order valence-corrected chi connectivity index (χ0v) is 11.7. The minimum absolute atomic E-state index is 0.0648. The van der Waals surface area contributed by atoms with Gasteiger partial charge in [0, 0.05) is 25.2 Å². The van der Waals surface area contributed by atoms with Crippen LogP contribution in [0.3, 0.4) is 0 Å². The van der Waals surface area contributed by atoms with Crippen molar-refractivity contribution in [2.24, 2.45) is 5.73 Å². The molecule has 1 amide bonds. The highest BCUT2D eigenvalue weighted by Crippen LogP contribution is 2.07. The quantitative estimate of drug-likeness (QED) is 0.814. The van der Waals surface area contributed by atoms with Gasteiger partial charge in [-0.2, -0.15) is 0 Å². The molecule has 0 saturated carbocycles. The monoisotopic (exact) mass is 266 g/mol. The van der Waals surface area contributed by atoms with Gasteiger partial charge < -0.3 is 10.6 Å². The molecule has 0 radical (unpaired) electrons. The van der Waals surface area contributed by atoms with E-state index in [1.165, 1.54) is 6.20 Å². The maximum atomic E-state index is 12.2. The number of thiocarbonyl (C=S) groups is 1. The van der Waals surface area contributed by atoms with Crippen LogP contribution in [0.5, 0.6) is 0 Å². The van der Waals surface area contributed by atoms with Gasteiger partial charge in [0.05, 0.1) is 16.9 Å². The second kappa shape index (κ2) is 6.39. The Hall–Kier alpha value is -1.56. The molecule has 2 N–H and O–H groups in total. The molecular weight excluding hydrogens is 248 g/mol. The van der Waals surface area contributed by atoms with Crippen LogP contribution in [0.1, 0.15) is 36.5 Å². The Balaban J connectivity index is 2.82. The lowest BCUT2D eigenvalue weighted by Crippen LogP contribution is -2.39. The van der Waals surface area contributed by atoms with Crippen LogP contribution in [0, 0.1) is 6.92 Å². The van der Waals surface area contributed by atoms with Crippen molar-refractivity contribution < 1.29 is 4.79 Å². The summed E-state index contributed by atoms with van der Waals surface area (Å²) in [5, 5.41) is 0. The van der Waals surface area contributed by atoms with Gasteiger partial charge in [0.15, 0.2) is 0 Å². The average Bonchev–Trinajstić information content (AvgIpc) is 2.29. The molecular formula is C12H18N4OS. The second-order valence-corrected chi connectivity index (χ2v) is 4.88. The Labute approximate surface area is 112 Å². The maximum Gasteiger partial charge on any atom is 0.274 e. The summed E-state index contributed by atoms with van der Waals surface area (Å²) < 4.78 is 0. The molecule has 0 aliphatic rings. The van der Waals surface area contributed by atoms with E-state index in [9.17, 15) is 4.79 Å². The predicted octanol–water partition coefficient (Wildman–Crippen LogP) is 1.31. The molecule has 0 saturated heterocycles. The fraction of sp³-hybridized carbons (Fsp3) is 0.500. The zero-order chi connectivity index (χ0) is 13.7. The Kier molecular flexibility index (Phi) is 5.15. The Morgan fingerprint density at radius 3 is 2.56 bits per heavy atom. The van der Waals surface area contributed by atoms with Crippen LogP contribution in [-0.2, 0) is 0 Å². The van der Waals surface area contributed by atoms with E-state index in [0.29, 0.717) is 23.6 Å². The SMILES string of the molecule is Cc1cnc(C(=O)N(CCC(N)=S)C(C)C)cn1. The van der Waals surface area contributed by atoms with E-state index in [0.717, 1.165) is 5.69 Å². The van der Waals surface area contributed by atoms with Crippen LogP contribution in [-0.4, -0.2) is 38.4 Å². The Morgan fingerprint density at radius 2 is 2.11 bits per heavy atom. The normalized spacial score (nSPS) is 10.4. The van der Waals surface area contributed by atoms with Crippen LogP contribution in [0.2, 0.25) is 0 Å². The fourth-order valence-electron chi connectivity index (χ4n) is 1.48. The lowest BCUT2D eigenvalue weighted by Gasteiger charge is -2.26. The summed E-state index contributed by atoms with van der Waals surface area (Å²) >= 11 is 4.83. The first-order valence-corrected chi connectivity index (χ1v) is 6.20. The van der Waals surface area contributed by atoms with Crippen LogP contribution >= 0.6 is 12.2 Å². The van der Waals surface area contributed by atoms with E-state index in [1.54, 1.807) is 11.1 Å². The molecule has 0 aliphatic carbocycles. The van der Waals surface area contributed by atoms with Gasteiger partial charge in [-0.1, -0.05) is 12.2 Å². The van der Waals surface area contributed by atoms with Crippen molar-refractivity contribution in [1.82, 2.24) is 14.9 Å². The number of carbonyl (C=O) groups is 1.